The molecule has 2 heterocycles. The second-order valence-electron chi connectivity index (χ2n) is 2.22. The van der Waals surface area contributed by atoms with Gasteiger partial charge in [0.25, 0.3) is 0 Å². The fourth-order valence-electron chi connectivity index (χ4n) is 0.950. The van der Waals surface area contributed by atoms with Crippen molar-refractivity contribution in [3.8, 4) is 0 Å². The summed E-state index contributed by atoms with van der Waals surface area (Å²) in [7, 11) is 0. The van der Waals surface area contributed by atoms with E-state index in [0.717, 1.165) is 5.56 Å². The van der Waals surface area contributed by atoms with E-state index >= 15 is 0 Å². The van der Waals surface area contributed by atoms with Crippen LogP contribution in [-0.4, -0.2) is 12.8 Å². The maximum Gasteiger partial charge on any atom is 0.509 e. The van der Waals surface area contributed by atoms with Gasteiger partial charge in [0.05, 0.1) is 0 Å². The third-order valence-corrected chi connectivity index (χ3v) is 2.21. The van der Waals surface area contributed by atoms with Gasteiger partial charge in [0.1, 0.15) is 6.61 Å². The van der Waals surface area contributed by atoms with Crippen molar-refractivity contribution in [3.63, 3.8) is 0 Å². The molecule has 1 aromatic heterocycles. The molecule has 0 aromatic carbocycles. The molecule has 1 aromatic rings. The number of ether oxygens (including phenoxy) is 2. The van der Waals surface area contributed by atoms with Gasteiger partial charge in [-0.1, -0.05) is 0 Å². The van der Waals surface area contributed by atoms with Crippen molar-refractivity contribution in [2.24, 2.45) is 0 Å². The number of carbonyl (C=O) groups is 1. The van der Waals surface area contributed by atoms with Crippen LogP contribution in [0.5, 0.6) is 0 Å². The van der Waals surface area contributed by atoms with Crippen LogP contribution in [0.15, 0.2) is 16.8 Å². The summed E-state index contributed by atoms with van der Waals surface area (Å²) in [6, 6.07) is 1.93. The largest absolute Gasteiger partial charge is 0.509 e. The summed E-state index contributed by atoms with van der Waals surface area (Å²) in [5.41, 5.74) is 1.01. The van der Waals surface area contributed by atoms with Crippen molar-refractivity contribution in [1.82, 2.24) is 0 Å². The number of thiophene rings is 1. The molecule has 2 rings (SSSR count). The van der Waals surface area contributed by atoms with E-state index in [1.165, 1.54) is 0 Å². The molecule has 0 N–H and O–H groups in total. The molecule has 0 aliphatic carbocycles. The Morgan fingerprint density at radius 2 is 2.55 bits per heavy atom. The molecule has 0 saturated carbocycles. The van der Waals surface area contributed by atoms with Crippen LogP contribution in [-0.2, 0) is 9.47 Å². The van der Waals surface area contributed by atoms with E-state index in [9.17, 15) is 4.79 Å². The minimum absolute atomic E-state index is 0.186. The minimum Gasteiger partial charge on any atom is -0.430 e. The first kappa shape index (κ1) is 6.67. The Labute approximate surface area is 67.5 Å². The fourth-order valence-corrected chi connectivity index (χ4v) is 1.65. The van der Waals surface area contributed by atoms with Gasteiger partial charge in [0, 0.05) is 5.56 Å². The zero-order valence-electron chi connectivity index (χ0n) is 5.65. The first-order valence-electron chi connectivity index (χ1n) is 3.22. The number of hydrogen-bond acceptors (Lipinski definition) is 4. The van der Waals surface area contributed by atoms with Gasteiger partial charge in [-0.15, -0.1) is 0 Å². The molecular formula is C7H6O3S. The van der Waals surface area contributed by atoms with Crippen LogP contribution in [0.4, 0.5) is 4.79 Å². The second-order valence-corrected chi connectivity index (χ2v) is 3.00. The van der Waals surface area contributed by atoms with Crippen LogP contribution >= 0.6 is 11.3 Å². The van der Waals surface area contributed by atoms with Crippen molar-refractivity contribution in [2.75, 3.05) is 6.61 Å². The highest BCUT2D eigenvalue weighted by Gasteiger charge is 2.26. The predicted octanol–water partition coefficient (Wildman–Crippen LogP) is 1.96. The van der Waals surface area contributed by atoms with Crippen LogP contribution in [0.3, 0.4) is 0 Å². The van der Waals surface area contributed by atoms with E-state index in [0.29, 0.717) is 6.61 Å². The molecule has 1 fully saturated rings. The molecule has 0 radical (unpaired) electrons. The Kier molecular flexibility index (Phi) is 1.54. The number of hydrogen-bond donors (Lipinski definition) is 0. The van der Waals surface area contributed by atoms with Gasteiger partial charge < -0.3 is 9.47 Å². The molecular weight excluding hydrogens is 164 g/mol. The zero-order valence-corrected chi connectivity index (χ0v) is 6.47. The smallest absolute Gasteiger partial charge is 0.430 e. The highest BCUT2D eigenvalue weighted by molar-refractivity contribution is 7.07. The second kappa shape index (κ2) is 2.54. The van der Waals surface area contributed by atoms with Crippen molar-refractivity contribution >= 4 is 17.5 Å². The van der Waals surface area contributed by atoms with Crippen molar-refractivity contribution in [3.05, 3.63) is 22.4 Å². The molecule has 1 unspecified atom stereocenters. The Morgan fingerprint density at radius 1 is 1.64 bits per heavy atom. The maximum atomic E-state index is 10.5. The monoisotopic (exact) mass is 170 g/mol. The summed E-state index contributed by atoms with van der Waals surface area (Å²) in [6.07, 6.45) is -0.755. The van der Waals surface area contributed by atoms with Gasteiger partial charge >= 0.3 is 6.16 Å². The van der Waals surface area contributed by atoms with Crippen LogP contribution in [0.1, 0.15) is 11.7 Å². The molecule has 4 heteroatoms. The Hall–Kier alpha value is -1.03. The average molecular weight is 170 g/mol. The van der Waals surface area contributed by atoms with Gasteiger partial charge in [0.15, 0.2) is 6.10 Å². The van der Waals surface area contributed by atoms with E-state index in [4.69, 9.17) is 4.74 Å². The molecule has 1 aliphatic rings. The van der Waals surface area contributed by atoms with Crippen molar-refractivity contribution in [1.29, 1.82) is 0 Å². The summed E-state index contributed by atoms with van der Waals surface area (Å²) in [4.78, 5) is 10.5. The Morgan fingerprint density at radius 3 is 3.09 bits per heavy atom. The number of rotatable bonds is 1. The van der Waals surface area contributed by atoms with Crippen LogP contribution in [0, 0.1) is 0 Å². The normalized spacial score (nSPS) is 22.9. The third-order valence-electron chi connectivity index (χ3n) is 1.51. The molecule has 0 amide bonds. The lowest BCUT2D eigenvalue weighted by Crippen LogP contribution is -1.97. The molecule has 11 heavy (non-hydrogen) atoms. The topological polar surface area (TPSA) is 35.5 Å². The number of cyclic esters (lactones) is 2. The molecule has 1 aliphatic heterocycles. The molecule has 3 nitrogen and oxygen atoms in total. The highest BCUT2D eigenvalue weighted by atomic mass is 32.1. The molecule has 1 saturated heterocycles. The van der Waals surface area contributed by atoms with Gasteiger partial charge in [-0.3, -0.25) is 0 Å². The quantitative estimate of drug-likeness (QED) is 0.604. The van der Waals surface area contributed by atoms with E-state index in [1.54, 1.807) is 11.3 Å². The van der Waals surface area contributed by atoms with E-state index in [-0.39, 0.29) is 6.10 Å². The highest BCUT2D eigenvalue weighted by Crippen LogP contribution is 2.25. The SMILES string of the molecule is O=C1OCC(c2ccsc2)O1. The molecule has 0 spiro atoms. The van der Waals surface area contributed by atoms with Gasteiger partial charge in [0.2, 0.25) is 0 Å². The molecule has 0 bridgehead atoms. The lowest BCUT2D eigenvalue weighted by Gasteiger charge is -2.00. The standard InChI is InChI=1S/C7H6O3S/c8-7-9-3-6(10-7)5-1-2-11-4-5/h1-2,4,6H,3H2. The lowest BCUT2D eigenvalue weighted by molar-refractivity contribution is 0.118. The maximum absolute atomic E-state index is 10.5. The van der Waals surface area contributed by atoms with Crippen molar-refractivity contribution in [2.45, 2.75) is 6.10 Å². The summed E-state index contributed by atoms with van der Waals surface area (Å²) in [5.74, 6) is 0. The van der Waals surface area contributed by atoms with Crippen LogP contribution < -0.4 is 0 Å². The van der Waals surface area contributed by atoms with Crippen LogP contribution in [0.2, 0.25) is 0 Å². The fraction of sp³-hybridized carbons (Fsp3) is 0.286. The van der Waals surface area contributed by atoms with Gasteiger partial charge in [-0.2, -0.15) is 11.3 Å². The van der Waals surface area contributed by atoms with E-state index in [2.05, 4.69) is 4.74 Å². The zero-order chi connectivity index (χ0) is 7.68. The third kappa shape index (κ3) is 1.21. The van der Waals surface area contributed by atoms with Crippen molar-refractivity contribution < 1.29 is 14.3 Å². The lowest BCUT2D eigenvalue weighted by atomic mass is 10.2. The molecule has 58 valence electrons. The van der Waals surface area contributed by atoms with E-state index in [1.807, 2.05) is 16.8 Å². The first-order valence-corrected chi connectivity index (χ1v) is 4.16. The summed E-state index contributed by atoms with van der Waals surface area (Å²) in [5, 5.41) is 3.90. The summed E-state index contributed by atoms with van der Waals surface area (Å²) in [6.45, 7) is 0.343. The van der Waals surface area contributed by atoms with Gasteiger partial charge in [-0.05, 0) is 16.8 Å². The minimum atomic E-state index is -0.568. The summed E-state index contributed by atoms with van der Waals surface area (Å²) >= 11 is 1.58. The number of carbonyl (C=O) groups excluding carboxylic acids is 1. The Bertz CT molecular complexity index is 255. The average Bonchev–Trinajstić information content (AvgIpc) is 2.55. The first-order chi connectivity index (χ1) is 5.36. The van der Waals surface area contributed by atoms with Crippen LogP contribution in [0.25, 0.3) is 0 Å². The van der Waals surface area contributed by atoms with Gasteiger partial charge in [-0.25, -0.2) is 4.79 Å². The molecule has 1 atom stereocenters. The van der Waals surface area contributed by atoms with E-state index < -0.39 is 6.16 Å². The Balaban J connectivity index is 2.13. The summed E-state index contributed by atoms with van der Waals surface area (Å²) < 4.78 is 9.48. The predicted molar refractivity (Wildman–Crippen MR) is 39.5 cm³/mol.